The monoisotopic (exact) mass is 267 g/mol. The van der Waals surface area contributed by atoms with Crippen molar-refractivity contribution in [2.45, 2.75) is 22.7 Å². The van der Waals surface area contributed by atoms with Gasteiger partial charge in [0.25, 0.3) is 3.79 Å². The molecule has 0 N–H and O–H groups in total. The van der Waals surface area contributed by atoms with Gasteiger partial charge in [-0.3, -0.25) is 0 Å². The van der Waals surface area contributed by atoms with Crippen LogP contribution in [0.5, 0.6) is 0 Å². The highest BCUT2D eigenvalue weighted by molar-refractivity contribution is 6.75. The minimum absolute atomic E-state index is 0.133. The van der Waals surface area contributed by atoms with E-state index in [1.54, 1.807) is 0 Å². The Morgan fingerprint density at radius 1 is 1.53 bits per heavy atom. The molecule has 0 aromatic carbocycles. The highest BCUT2D eigenvalue weighted by Gasteiger charge is 2.41. The topological polar surface area (TPSA) is 50.1 Å². The lowest BCUT2D eigenvalue weighted by atomic mass is 10.1. The highest BCUT2D eigenvalue weighted by atomic mass is 35.6. The quantitative estimate of drug-likeness (QED) is 0.449. The summed E-state index contributed by atoms with van der Waals surface area (Å²) in [5.41, 5.74) is 0.181. The first kappa shape index (κ1) is 12.6. The van der Waals surface area contributed by atoms with E-state index in [9.17, 15) is 4.79 Å². The first-order chi connectivity index (χ1) is 6.86. The lowest BCUT2D eigenvalue weighted by Gasteiger charge is -2.18. The molecule has 0 amide bonds. The van der Waals surface area contributed by atoms with Gasteiger partial charge >= 0.3 is 5.97 Å². The summed E-state index contributed by atoms with van der Waals surface area (Å²) in [6.07, 6.45) is 1.12. The van der Waals surface area contributed by atoms with Gasteiger partial charge < -0.3 is 4.74 Å². The van der Waals surface area contributed by atoms with Gasteiger partial charge in [-0.2, -0.15) is 5.26 Å². The molecule has 0 saturated heterocycles. The average molecular weight is 269 g/mol. The maximum absolute atomic E-state index is 11.3. The largest absolute Gasteiger partial charge is 0.453 e. The number of rotatable bonds is 3. The van der Waals surface area contributed by atoms with Gasteiger partial charge in [0.1, 0.15) is 6.10 Å². The van der Waals surface area contributed by atoms with E-state index >= 15 is 0 Å². The maximum Gasteiger partial charge on any atom is 0.359 e. The molecule has 0 radical (unpaired) electrons. The molecule has 15 heavy (non-hydrogen) atoms. The van der Waals surface area contributed by atoms with Gasteiger partial charge in [-0.15, -0.1) is 0 Å². The highest BCUT2D eigenvalue weighted by Crippen LogP contribution is 2.39. The maximum atomic E-state index is 11.3. The van der Waals surface area contributed by atoms with Crippen molar-refractivity contribution in [2.24, 2.45) is 5.92 Å². The van der Waals surface area contributed by atoms with Gasteiger partial charge in [0.2, 0.25) is 0 Å². The fraction of sp³-hybridized carbons (Fsp3) is 0.556. The van der Waals surface area contributed by atoms with E-state index < -0.39 is 15.9 Å². The van der Waals surface area contributed by atoms with Crippen molar-refractivity contribution in [2.75, 3.05) is 0 Å². The number of carbonyl (C=O) groups excluding carboxylic acids is 1. The van der Waals surface area contributed by atoms with Crippen LogP contribution in [0.2, 0.25) is 0 Å². The zero-order valence-electron chi connectivity index (χ0n) is 7.67. The van der Waals surface area contributed by atoms with Crippen molar-refractivity contribution < 1.29 is 9.53 Å². The summed E-state index contributed by atoms with van der Waals surface area (Å²) in [5.74, 6) is -0.839. The van der Waals surface area contributed by atoms with Crippen molar-refractivity contribution in [1.82, 2.24) is 0 Å². The van der Waals surface area contributed by atoms with E-state index in [4.69, 9.17) is 44.8 Å². The van der Waals surface area contributed by atoms with Crippen LogP contribution in [-0.2, 0) is 9.53 Å². The van der Waals surface area contributed by atoms with E-state index in [-0.39, 0.29) is 11.5 Å². The van der Waals surface area contributed by atoms with Crippen LogP contribution in [0.4, 0.5) is 0 Å². The van der Waals surface area contributed by atoms with Crippen molar-refractivity contribution >= 4 is 40.8 Å². The van der Waals surface area contributed by atoms with E-state index in [2.05, 4.69) is 6.58 Å². The molecule has 0 aliphatic heterocycles. The average Bonchev–Trinajstić information content (AvgIpc) is 2.94. The molecule has 6 heteroatoms. The van der Waals surface area contributed by atoms with Gasteiger partial charge in [-0.1, -0.05) is 41.4 Å². The smallest absolute Gasteiger partial charge is 0.359 e. The predicted molar refractivity (Wildman–Crippen MR) is 57.6 cm³/mol. The zero-order valence-corrected chi connectivity index (χ0v) is 9.94. The minimum Gasteiger partial charge on any atom is -0.453 e. The van der Waals surface area contributed by atoms with Crippen LogP contribution in [0.3, 0.4) is 0 Å². The molecular formula is C9H8Cl3NO2. The first-order valence-electron chi connectivity index (χ1n) is 4.23. The number of carbonyl (C=O) groups is 1. The standard InChI is InChI=1S/C9H8Cl3NO2/c1-5(4-13)7(6-2-3-6)15-8(14)9(10,11)12/h6-7H,1-3H2. The molecule has 0 bridgehead atoms. The Balaban J connectivity index is 2.64. The molecule has 1 aliphatic carbocycles. The van der Waals surface area contributed by atoms with Crippen LogP contribution in [0.25, 0.3) is 0 Å². The van der Waals surface area contributed by atoms with E-state index in [1.807, 2.05) is 6.07 Å². The van der Waals surface area contributed by atoms with E-state index in [0.29, 0.717) is 0 Å². The van der Waals surface area contributed by atoms with Gasteiger partial charge in [0, 0.05) is 5.92 Å². The molecule has 0 spiro atoms. The third-order valence-corrected chi connectivity index (χ3v) is 2.47. The van der Waals surface area contributed by atoms with Gasteiger partial charge in [-0.05, 0) is 12.8 Å². The second kappa shape index (κ2) is 4.61. The predicted octanol–water partition coefficient (Wildman–Crippen LogP) is 2.76. The fourth-order valence-corrected chi connectivity index (χ4v) is 1.23. The molecule has 0 aromatic rings. The van der Waals surface area contributed by atoms with Crippen LogP contribution < -0.4 is 0 Å². The molecule has 0 heterocycles. The normalized spacial score (nSPS) is 17.7. The van der Waals surface area contributed by atoms with Crippen molar-refractivity contribution in [1.29, 1.82) is 5.26 Å². The van der Waals surface area contributed by atoms with Gasteiger partial charge in [0.15, 0.2) is 0 Å². The van der Waals surface area contributed by atoms with Gasteiger partial charge in [0.05, 0.1) is 11.6 Å². The van der Waals surface area contributed by atoms with E-state index in [1.165, 1.54) is 0 Å². The van der Waals surface area contributed by atoms with Crippen LogP contribution in [0, 0.1) is 17.2 Å². The number of hydrogen-bond acceptors (Lipinski definition) is 3. The van der Waals surface area contributed by atoms with Crippen molar-refractivity contribution in [3.8, 4) is 6.07 Å². The summed E-state index contributed by atoms with van der Waals surface area (Å²) in [6.45, 7) is 3.50. The number of ether oxygens (including phenoxy) is 1. The van der Waals surface area contributed by atoms with Crippen LogP contribution >= 0.6 is 34.8 Å². The minimum atomic E-state index is -2.11. The SMILES string of the molecule is C=C(C#N)C(OC(=O)C(Cl)(Cl)Cl)C1CC1. The molecule has 1 fully saturated rings. The van der Waals surface area contributed by atoms with Crippen LogP contribution in [-0.4, -0.2) is 15.9 Å². The van der Waals surface area contributed by atoms with Crippen LogP contribution in [0.1, 0.15) is 12.8 Å². The second-order valence-electron chi connectivity index (χ2n) is 3.30. The molecule has 0 aromatic heterocycles. The lowest BCUT2D eigenvalue weighted by molar-refractivity contribution is -0.146. The molecule has 82 valence electrons. The third kappa shape index (κ3) is 3.57. The molecule has 3 nitrogen and oxygen atoms in total. The van der Waals surface area contributed by atoms with Gasteiger partial charge in [-0.25, -0.2) is 4.79 Å². The summed E-state index contributed by atoms with van der Waals surface area (Å²) in [5, 5.41) is 8.66. The second-order valence-corrected chi connectivity index (χ2v) is 5.58. The van der Waals surface area contributed by atoms with Crippen molar-refractivity contribution in [3.63, 3.8) is 0 Å². The number of esters is 1. The molecule has 1 atom stereocenters. The summed E-state index contributed by atoms with van der Waals surface area (Å²) in [6, 6.07) is 1.84. The Morgan fingerprint density at radius 3 is 2.40 bits per heavy atom. The molecular weight excluding hydrogens is 260 g/mol. The summed E-state index contributed by atoms with van der Waals surface area (Å²) >= 11 is 16.0. The van der Waals surface area contributed by atoms with Crippen molar-refractivity contribution in [3.05, 3.63) is 12.2 Å². The summed E-state index contributed by atoms with van der Waals surface area (Å²) in [4.78, 5) is 11.3. The molecule has 1 unspecified atom stereocenters. The Morgan fingerprint density at radius 2 is 2.07 bits per heavy atom. The molecule has 1 rings (SSSR count). The molecule has 1 saturated carbocycles. The number of nitrogens with zero attached hydrogens (tertiary/aromatic N) is 1. The Labute approximate surface area is 103 Å². The molecule has 1 aliphatic rings. The third-order valence-electron chi connectivity index (χ3n) is 2.00. The fourth-order valence-electron chi connectivity index (χ4n) is 1.10. The van der Waals surface area contributed by atoms with E-state index in [0.717, 1.165) is 12.8 Å². The Bertz CT molecular complexity index is 325. The zero-order chi connectivity index (χ0) is 11.6. The number of alkyl halides is 3. The number of nitriles is 1. The first-order valence-corrected chi connectivity index (χ1v) is 5.36. The summed E-state index contributed by atoms with van der Waals surface area (Å²) < 4.78 is 2.83. The lowest BCUT2D eigenvalue weighted by Crippen LogP contribution is -2.29. The Hall–Kier alpha value is -0.430. The number of halogens is 3. The summed E-state index contributed by atoms with van der Waals surface area (Å²) in [7, 11) is 0. The van der Waals surface area contributed by atoms with Crippen LogP contribution in [0.15, 0.2) is 12.2 Å². The Kier molecular flexibility index (Phi) is 3.88. The number of hydrogen-bond donors (Lipinski definition) is 0.